The molecule has 0 spiro atoms. The van der Waals surface area contributed by atoms with Crippen LogP contribution in [-0.2, 0) is 4.57 Å². The molecule has 0 radical (unpaired) electrons. The van der Waals surface area contributed by atoms with Gasteiger partial charge in [-0.15, -0.1) is 0 Å². The fraction of sp³-hybridized carbons (Fsp3) is 0.282. The van der Waals surface area contributed by atoms with Gasteiger partial charge in [-0.3, -0.25) is 0 Å². The maximum absolute atomic E-state index is 17.3. The number of allylic oxidation sites excluding steroid dienone is 4. The molecule has 0 heterocycles. The van der Waals surface area contributed by atoms with Gasteiger partial charge in [-0.1, -0.05) is 104 Å². The lowest BCUT2D eigenvalue weighted by atomic mass is 9.82. The van der Waals surface area contributed by atoms with Crippen molar-refractivity contribution in [2.24, 2.45) is 5.41 Å². The topological polar surface area (TPSA) is 54.0 Å². The molecule has 5 rings (SSSR count). The standard InChI is InChI=1S/C39H43O5P/c1-27-26-39(2,3)25-24-34(27)45(40,37(28-16-10-8-11-17-28)35-30(41-4)20-14-21-31(35)42-5)38(29-18-12-9-13-19-29)36-32(43-6)22-15-23-33(36)44-7/h8-25,37-38H,26H2,1-7H3. The van der Waals surface area contributed by atoms with Crippen molar-refractivity contribution in [2.45, 2.75) is 38.5 Å². The highest BCUT2D eigenvalue weighted by molar-refractivity contribution is 7.69. The second kappa shape index (κ2) is 13.4. The first-order valence-electron chi connectivity index (χ1n) is 15.2. The summed E-state index contributed by atoms with van der Waals surface area (Å²) in [5.74, 6) is 2.45. The molecule has 0 saturated carbocycles. The molecule has 234 valence electrons. The van der Waals surface area contributed by atoms with Crippen LogP contribution < -0.4 is 18.9 Å². The van der Waals surface area contributed by atoms with Crippen molar-refractivity contribution in [1.29, 1.82) is 0 Å². The van der Waals surface area contributed by atoms with Crippen LogP contribution >= 0.6 is 7.14 Å². The summed E-state index contributed by atoms with van der Waals surface area (Å²) in [6.07, 6.45) is 5.08. The largest absolute Gasteiger partial charge is 0.496 e. The van der Waals surface area contributed by atoms with Crippen LogP contribution in [0.3, 0.4) is 0 Å². The Morgan fingerprint density at radius 2 is 0.978 bits per heavy atom. The molecule has 5 nitrogen and oxygen atoms in total. The quantitative estimate of drug-likeness (QED) is 0.156. The Balaban J connectivity index is 2.02. The molecule has 0 aromatic heterocycles. The van der Waals surface area contributed by atoms with E-state index in [1.165, 1.54) is 0 Å². The summed E-state index contributed by atoms with van der Waals surface area (Å²) in [6.45, 7) is 6.55. The first-order valence-corrected chi connectivity index (χ1v) is 17.0. The van der Waals surface area contributed by atoms with Gasteiger partial charge in [0.1, 0.15) is 30.1 Å². The van der Waals surface area contributed by atoms with E-state index in [2.05, 4.69) is 57.2 Å². The Hall–Kier alpha value is -4.21. The van der Waals surface area contributed by atoms with Crippen LogP contribution in [0.4, 0.5) is 0 Å². The molecular weight excluding hydrogens is 579 g/mol. The second-order valence-corrected chi connectivity index (χ2v) is 15.1. The summed E-state index contributed by atoms with van der Waals surface area (Å²) < 4.78 is 41.4. The minimum Gasteiger partial charge on any atom is -0.496 e. The van der Waals surface area contributed by atoms with Gasteiger partial charge in [0.05, 0.1) is 50.9 Å². The molecule has 1 aliphatic carbocycles. The number of ether oxygens (including phenoxy) is 4. The van der Waals surface area contributed by atoms with E-state index >= 15 is 4.57 Å². The van der Waals surface area contributed by atoms with Crippen LogP contribution in [0, 0.1) is 5.41 Å². The second-order valence-electron chi connectivity index (χ2n) is 12.2. The fourth-order valence-electron chi connectivity index (χ4n) is 6.85. The van der Waals surface area contributed by atoms with Crippen molar-refractivity contribution in [3.8, 4) is 23.0 Å². The van der Waals surface area contributed by atoms with Crippen LogP contribution in [0.15, 0.2) is 120 Å². The third-order valence-electron chi connectivity index (χ3n) is 8.70. The third-order valence-corrected chi connectivity index (χ3v) is 12.6. The molecule has 45 heavy (non-hydrogen) atoms. The van der Waals surface area contributed by atoms with Gasteiger partial charge in [0.15, 0.2) is 0 Å². The van der Waals surface area contributed by atoms with Crippen molar-refractivity contribution in [1.82, 2.24) is 0 Å². The predicted octanol–water partition coefficient (Wildman–Crippen LogP) is 10.2. The molecule has 0 aliphatic heterocycles. The average Bonchev–Trinajstić information content (AvgIpc) is 3.05. The normalized spacial score (nSPS) is 16.8. The highest BCUT2D eigenvalue weighted by Gasteiger charge is 2.51. The first-order chi connectivity index (χ1) is 21.7. The molecule has 0 N–H and O–H groups in total. The molecule has 0 fully saturated rings. The molecule has 4 aromatic carbocycles. The molecule has 0 amide bonds. The summed E-state index contributed by atoms with van der Waals surface area (Å²) in [5.41, 5.74) is 2.99. The predicted molar refractivity (Wildman–Crippen MR) is 184 cm³/mol. The highest BCUT2D eigenvalue weighted by Crippen LogP contribution is 2.80. The number of hydrogen-bond donors (Lipinski definition) is 0. The number of hydrogen-bond acceptors (Lipinski definition) is 5. The van der Waals surface area contributed by atoms with E-state index in [9.17, 15) is 0 Å². The van der Waals surface area contributed by atoms with Crippen molar-refractivity contribution >= 4 is 7.14 Å². The molecule has 0 saturated heterocycles. The van der Waals surface area contributed by atoms with Crippen molar-refractivity contribution < 1.29 is 23.5 Å². The van der Waals surface area contributed by atoms with Crippen LogP contribution in [0.25, 0.3) is 0 Å². The minimum atomic E-state index is -3.70. The van der Waals surface area contributed by atoms with E-state index in [4.69, 9.17) is 18.9 Å². The number of methoxy groups -OCH3 is 4. The van der Waals surface area contributed by atoms with Gasteiger partial charge in [0, 0.05) is 5.31 Å². The van der Waals surface area contributed by atoms with Crippen LogP contribution in [-0.4, -0.2) is 28.4 Å². The Kier molecular flexibility index (Phi) is 9.60. The lowest BCUT2D eigenvalue weighted by Crippen LogP contribution is -2.19. The zero-order chi connectivity index (χ0) is 32.2. The van der Waals surface area contributed by atoms with Gasteiger partial charge >= 0.3 is 0 Å². The maximum atomic E-state index is 17.3. The monoisotopic (exact) mass is 622 g/mol. The van der Waals surface area contributed by atoms with Crippen molar-refractivity contribution in [2.75, 3.05) is 28.4 Å². The van der Waals surface area contributed by atoms with Gasteiger partial charge in [0.25, 0.3) is 0 Å². The molecular formula is C39H43O5P. The van der Waals surface area contributed by atoms with E-state index in [0.717, 1.165) is 39.6 Å². The maximum Gasteiger partial charge on any atom is 0.138 e. The third kappa shape index (κ3) is 6.07. The van der Waals surface area contributed by atoms with E-state index in [0.29, 0.717) is 23.0 Å². The summed E-state index contributed by atoms with van der Waals surface area (Å²) in [6, 6.07) is 31.6. The van der Waals surface area contributed by atoms with Crippen molar-refractivity contribution in [3.05, 3.63) is 142 Å². The van der Waals surface area contributed by atoms with Gasteiger partial charge < -0.3 is 23.5 Å². The molecule has 4 aromatic rings. The Morgan fingerprint density at radius 3 is 1.31 bits per heavy atom. The molecule has 2 unspecified atom stereocenters. The highest BCUT2D eigenvalue weighted by atomic mass is 31.2. The number of benzene rings is 4. The first kappa shape index (κ1) is 32.2. The van der Waals surface area contributed by atoms with Gasteiger partial charge in [0.2, 0.25) is 0 Å². The zero-order valence-corrected chi connectivity index (χ0v) is 28.1. The zero-order valence-electron chi connectivity index (χ0n) is 27.2. The Bertz CT molecular complexity index is 1590. The molecule has 6 heteroatoms. The van der Waals surface area contributed by atoms with Crippen molar-refractivity contribution in [3.63, 3.8) is 0 Å². The lowest BCUT2D eigenvalue weighted by molar-refractivity contribution is 0.383. The van der Waals surface area contributed by atoms with E-state index in [1.807, 2.05) is 72.8 Å². The van der Waals surface area contributed by atoms with Crippen LogP contribution in [0.1, 0.15) is 60.8 Å². The van der Waals surface area contributed by atoms with Crippen LogP contribution in [0.2, 0.25) is 0 Å². The summed E-state index contributed by atoms with van der Waals surface area (Å²) >= 11 is 0. The molecule has 0 bridgehead atoms. The number of rotatable bonds is 11. The average molecular weight is 623 g/mol. The summed E-state index contributed by atoms with van der Waals surface area (Å²) in [7, 11) is 2.90. The van der Waals surface area contributed by atoms with Gasteiger partial charge in [-0.2, -0.15) is 0 Å². The minimum absolute atomic E-state index is 0.0762. The Labute approximate surface area is 267 Å². The van der Waals surface area contributed by atoms with E-state index in [1.54, 1.807) is 28.4 Å². The lowest BCUT2D eigenvalue weighted by Gasteiger charge is -2.41. The smallest absolute Gasteiger partial charge is 0.138 e. The Morgan fingerprint density at radius 1 is 0.600 bits per heavy atom. The molecule has 2 atom stereocenters. The van der Waals surface area contributed by atoms with Crippen LogP contribution in [0.5, 0.6) is 23.0 Å². The summed E-state index contributed by atoms with van der Waals surface area (Å²) in [4.78, 5) is 0. The van der Waals surface area contributed by atoms with E-state index < -0.39 is 18.5 Å². The fourth-order valence-corrected chi connectivity index (χ4v) is 11.2. The SMILES string of the molecule is COc1cccc(OC)c1C(c1ccccc1)P(=O)(C1=C(C)CC(C)(C)C=C1)C(c1ccccc1)c1c(OC)cccc1OC. The van der Waals surface area contributed by atoms with Gasteiger partial charge in [-0.05, 0) is 54.2 Å². The van der Waals surface area contributed by atoms with E-state index in [-0.39, 0.29) is 5.41 Å². The molecule has 1 aliphatic rings. The summed E-state index contributed by atoms with van der Waals surface area (Å²) in [5, 5.41) is 0.838. The van der Waals surface area contributed by atoms with Gasteiger partial charge in [-0.25, -0.2) is 0 Å².